The number of benzene rings is 1. The fourth-order valence-electron chi connectivity index (χ4n) is 2.28. The Morgan fingerprint density at radius 2 is 2.00 bits per heavy atom. The largest absolute Gasteiger partial charge is 0.489 e. The lowest BCUT2D eigenvalue weighted by Crippen LogP contribution is -2.38. The Hall–Kier alpha value is -2.66. The van der Waals surface area contributed by atoms with Gasteiger partial charge in [0.1, 0.15) is 12.4 Å². The highest BCUT2D eigenvalue weighted by atomic mass is 16.5. The second kappa shape index (κ2) is 8.44. The molecule has 1 aromatic carbocycles. The number of pyridine rings is 1. The quantitative estimate of drug-likeness (QED) is 0.787. The van der Waals surface area contributed by atoms with Crippen molar-refractivity contribution in [1.29, 1.82) is 0 Å². The molecular weight excluding hydrogens is 316 g/mol. The number of carbonyl (C=O) groups excluding carboxylic acids is 1. The van der Waals surface area contributed by atoms with Crippen LogP contribution in [0.25, 0.3) is 6.08 Å². The molecule has 0 unspecified atom stereocenters. The number of rotatable bonds is 7. The van der Waals surface area contributed by atoms with E-state index in [4.69, 9.17) is 4.74 Å². The third-order valence-electron chi connectivity index (χ3n) is 3.43. The number of hydrogen-bond acceptors (Lipinski definition) is 4. The van der Waals surface area contributed by atoms with E-state index in [9.17, 15) is 9.90 Å². The second-order valence-electron chi connectivity index (χ2n) is 6.56. The highest BCUT2D eigenvalue weighted by Gasteiger charge is 2.17. The van der Waals surface area contributed by atoms with Gasteiger partial charge in [0.05, 0.1) is 5.60 Å². The number of aliphatic hydroxyl groups is 1. The molecule has 1 amide bonds. The van der Waals surface area contributed by atoms with Crippen LogP contribution in [-0.2, 0) is 11.4 Å². The van der Waals surface area contributed by atoms with E-state index in [0.717, 1.165) is 16.9 Å². The van der Waals surface area contributed by atoms with Gasteiger partial charge in [0.25, 0.3) is 0 Å². The van der Waals surface area contributed by atoms with Gasteiger partial charge in [-0.2, -0.15) is 0 Å². The number of ether oxygens (including phenoxy) is 1. The van der Waals surface area contributed by atoms with Crippen molar-refractivity contribution in [1.82, 2.24) is 9.88 Å². The van der Waals surface area contributed by atoms with E-state index in [1.165, 1.54) is 11.0 Å². The van der Waals surface area contributed by atoms with Gasteiger partial charge in [0, 0.05) is 37.6 Å². The smallest absolute Gasteiger partial charge is 0.246 e. The van der Waals surface area contributed by atoms with E-state index in [1.807, 2.05) is 36.4 Å². The molecule has 0 saturated heterocycles. The Kier molecular flexibility index (Phi) is 6.31. The van der Waals surface area contributed by atoms with Crippen LogP contribution in [0, 0.1) is 0 Å². The van der Waals surface area contributed by atoms with Crippen molar-refractivity contribution in [3.05, 3.63) is 66.0 Å². The summed E-state index contributed by atoms with van der Waals surface area (Å²) < 4.78 is 5.70. The Bertz CT molecular complexity index is 704. The Balaban J connectivity index is 1.88. The number of likely N-dealkylation sites (N-methyl/N-ethyl adjacent to an activating group) is 1. The first-order valence-corrected chi connectivity index (χ1v) is 8.11. The van der Waals surface area contributed by atoms with Crippen molar-refractivity contribution < 1.29 is 14.6 Å². The van der Waals surface area contributed by atoms with Gasteiger partial charge in [-0.3, -0.25) is 9.78 Å². The minimum absolute atomic E-state index is 0.154. The molecule has 0 aliphatic carbocycles. The summed E-state index contributed by atoms with van der Waals surface area (Å²) in [6, 6.07) is 11.3. The molecule has 0 aliphatic rings. The van der Waals surface area contributed by atoms with E-state index in [0.29, 0.717) is 6.61 Å². The van der Waals surface area contributed by atoms with Crippen molar-refractivity contribution in [2.75, 3.05) is 13.6 Å². The van der Waals surface area contributed by atoms with Crippen LogP contribution >= 0.6 is 0 Å². The van der Waals surface area contributed by atoms with Gasteiger partial charge in [-0.25, -0.2) is 0 Å². The zero-order valence-electron chi connectivity index (χ0n) is 14.8. The maximum Gasteiger partial charge on any atom is 0.246 e. The summed E-state index contributed by atoms with van der Waals surface area (Å²) in [6.07, 6.45) is 6.74. The number of nitrogens with zero attached hydrogens (tertiary/aromatic N) is 2. The summed E-state index contributed by atoms with van der Waals surface area (Å²) in [5.41, 5.74) is 0.997. The van der Waals surface area contributed by atoms with Crippen LogP contribution in [0.2, 0.25) is 0 Å². The minimum atomic E-state index is -0.911. The van der Waals surface area contributed by atoms with E-state index < -0.39 is 5.60 Å². The van der Waals surface area contributed by atoms with Crippen LogP contribution in [-0.4, -0.2) is 40.1 Å². The molecule has 0 fully saturated rings. The minimum Gasteiger partial charge on any atom is -0.489 e. The van der Waals surface area contributed by atoms with Crippen molar-refractivity contribution in [3.63, 3.8) is 0 Å². The van der Waals surface area contributed by atoms with E-state index >= 15 is 0 Å². The predicted molar refractivity (Wildman–Crippen MR) is 98.0 cm³/mol. The Labute approximate surface area is 148 Å². The van der Waals surface area contributed by atoms with Gasteiger partial charge >= 0.3 is 0 Å². The Morgan fingerprint density at radius 1 is 1.28 bits per heavy atom. The van der Waals surface area contributed by atoms with Crippen LogP contribution in [0.5, 0.6) is 5.75 Å². The summed E-state index contributed by atoms with van der Waals surface area (Å²) in [4.78, 5) is 17.6. The molecule has 1 heterocycles. The topological polar surface area (TPSA) is 62.7 Å². The maximum atomic E-state index is 12.0. The zero-order chi connectivity index (χ0) is 18.3. The van der Waals surface area contributed by atoms with Crippen molar-refractivity contribution >= 4 is 12.0 Å². The fourth-order valence-corrected chi connectivity index (χ4v) is 2.28. The third-order valence-corrected chi connectivity index (χ3v) is 3.43. The molecule has 0 bridgehead atoms. The zero-order valence-corrected chi connectivity index (χ0v) is 14.8. The lowest BCUT2D eigenvalue weighted by atomic mass is 10.1. The van der Waals surface area contributed by atoms with Crippen molar-refractivity contribution in [2.45, 2.75) is 26.1 Å². The van der Waals surface area contributed by atoms with Gasteiger partial charge in [-0.05, 0) is 43.7 Å². The number of hydrogen-bond donors (Lipinski definition) is 1. The molecule has 25 heavy (non-hydrogen) atoms. The highest BCUT2D eigenvalue weighted by molar-refractivity contribution is 5.91. The molecule has 2 rings (SSSR count). The highest BCUT2D eigenvalue weighted by Crippen LogP contribution is 2.15. The van der Waals surface area contributed by atoms with Crippen molar-refractivity contribution in [3.8, 4) is 5.75 Å². The van der Waals surface area contributed by atoms with Gasteiger partial charge in [-0.1, -0.05) is 18.2 Å². The predicted octanol–water partition coefficient (Wildman–Crippen LogP) is 2.90. The van der Waals surface area contributed by atoms with Gasteiger partial charge in [0.2, 0.25) is 5.91 Å². The monoisotopic (exact) mass is 340 g/mol. The Morgan fingerprint density at radius 3 is 2.60 bits per heavy atom. The van der Waals surface area contributed by atoms with E-state index in [2.05, 4.69) is 4.98 Å². The first-order chi connectivity index (χ1) is 11.8. The lowest BCUT2D eigenvalue weighted by molar-refractivity contribution is -0.127. The summed E-state index contributed by atoms with van der Waals surface area (Å²) in [6.45, 7) is 4.08. The number of amides is 1. The van der Waals surface area contributed by atoms with Crippen LogP contribution in [0.1, 0.15) is 25.0 Å². The van der Waals surface area contributed by atoms with Gasteiger partial charge in [-0.15, -0.1) is 0 Å². The SMILES string of the molecule is CN(CC(C)(C)O)C(=O)/C=C/c1ccc(OCc2cccnc2)cc1. The summed E-state index contributed by atoms with van der Waals surface area (Å²) in [5.74, 6) is 0.602. The van der Waals surface area contributed by atoms with E-state index in [-0.39, 0.29) is 12.5 Å². The number of aromatic nitrogens is 1. The average molecular weight is 340 g/mol. The summed E-state index contributed by atoms with van der Waals surface area (Å²) >= 11 is 0. The molecule has 0 radical (unpaired) electrons. The average Bonchev–Trinajstić information content (AvgIpc) is 2.58. The summed E-state index contributed by atoms with van der Waals surface area (Å²) in [5, 5.41) is 9.75. The molecule has 0 aliphatic heterocycles. The lowest BCUT2D eigenvalue weighted by Gasteiger charge is -2.24. The molecule has 1 aromatic heterocycles. The molecule has 5 heteroatoms. The molecule has 0 spiro atoms. The molecule has 2 aromatic rings. The molecular formula is C20H24N2O3. The molecule has 0 atom stereocenters. The first-order valence-electron chi connectivity index (χ1n) is 8.11. The van der Waals surface area contributed by atoms with Gasteiger partial charge in [0.15, 0.2) is 0 Å². The number of carbonyl (C=O) groups is 1. The van der Waals surface area contributed by atoms with Crippen molar-refractivity contribution in [2.24, 2.45) is 0 Å². The van der Waals surface area contributed by atoms with Crippen LogP contribution in [0.3, 0.4) is 0 Å². The van der Waals surface area contributed by atoms with Crippen LogP contribution in [0.15, 0.2) is 54.9 Å². The van der Waals surface area contributed by atoms with Gasteiger partial charge < -0.3 is 14.7 Å². The molecule has 132 valence electrons. The fraction of sp³-hybridized carbons (Fsp3) is 0.300. The normalized spacial score (nSPS) is 11.5. The molecule has 5 nitrogen and oxygen atoms in total. The maximum absolute atomic E-state index is 12.0. The molecule has 0 saturated carbocycles. The van der Waals surface area contributed by atoms with Crippen LogP contribution < -0.4 is 4.74 Å². The third kappa shape index (κ3) is 6.77. The molecule has 1 N–H and O–H groups in total. The summed E-state index contributed by atoms with van der Waals surface area (Å²) in [7, 11) is 1.67. The standard InChI is InChI=1S/C20H24N2O3/c1-20(2,24)15-22(3)19(23)11-8-16-6-9-18(10-7-16)25-14-17-5-4-12-21-13-17/h4-13,24H,14-15H2,1-3H3/b11-8+. The first kappa shape index (κ1) is 18.7. The van der Waals surface area contributed by atoms with Crippen LogP contribution in [0.4, 0.5) is 0 Å². The van der Waals surface area contributed by atoms with E-state index in [1.54, 1.807) is 39.4 Å². The second-order valence-corrected chi connectivity index (χ2v) is 6.56.